The fourth-order valence-electron chi connectivity index (χ4n) is 1.61. The minimum atomic E-state index is -0.409. The molecule has 0 aromatic heterocycles. The van der Waals surface area contributed by atoms with Gasteiger partial charge < -0.3 is 4.90 Å². The number of fused-ring (bicyclic) bond motifs is 1. The lowest BCUT2D eigenvalue weighted by Gasteiger charge is -2.13. The second-order valence-corrected chi connectivity index (χ2v) is 4.07. The Morgan fingerprint density at radius 3 is 3.07 bits per heavy atom. The van der Waals surface area contributed by atoms with E-state index in [1.807, 2.05) is 23.7 Å². The minimum Gasteiger partial charge on any atom is -0.336 e. The molecule has 0 saturated heterocycles. The molecule has 0 aliphatic carbocycles. The fourth-order valence-corrected chi connectivity index (χ4v) is 2.32. The molecule has 2 aliphatic heterocycles. The van der Waals surface area contributed by atoms with E-state index in [9.17, 15) is 4.79 Å². The number of anilines is 1. The first-order chi connectivity index (χ1) is 7.34. The number of benzene rings is 1. The largest absolute Gasteiger partial charge is 0.368 e. The van der Waals surface area contributed by atoms with Gasteiger partial charge in [-0.2, -0.15) is 9.98 Å². The lowest BCUT2D eigenvalue weighted by molar-refractivity contribution is 0.256. The van der Waals surface area contributed by atoms with Crippen molar-refractivity contribution in [2.45, 2.75) is 0 Å². The van der Waals surface area contributed by atoms with Gasteiger partial charge in [0, 0.05) is 6.20 Å². The van der Waals surface area contributed by atoms with E-state index in [0.717, 1.165) is 11.6 Å². The van der Waals surface area contributed by atoms with E-state index >= 15 is 0 Å². The van der Waals surface area contributed by atoms with Gasteiger partial charge in [0.25, 0.3) is 0 Å². The van der Waals surface area contributed by atoms with Gasteiger partial charge in [-0.1, -0.05) is 6.07 Å². The molecule has 0 radical (unpaired) electrons. The Morgan fingerprint density at radius 1 is 1.33 bits per heavy atom. The molecule has 74 valence electrons. The Kier molecular flexibility index (Phi) is 1.85. The number of urea groups is 1. The number of hydrogen-bond acceptors (Lipinski definition) is 3. The predicted molar refractivity (Wildman–Crippen MR) is 58.2 cm³/mol. The number of carbonyl (C=O) groups excluding carboxylic acids is 1. The van der Waals surface area contributed by atoms with Crippen LogP contribution >= 0.6 is 11.8 Å². The van der Waals surface area contributed by atoms with Gasteiger partial charge in [-0.05, 0) is 17.5 Å². The molecule has 0 saturated carbocycles. The van der Waals surface area contributed by atoms with Crippen LogP contribution in [0.2, 0.25) is 0 Å². The van der Waals surface area contributed by atoms with Crippen LogP contribution in [0.25, 0.3) is 0 Å². The molecule has 0 bridgehead atoms. The Morgan fingerprint density at radius 2 is 2.27 bits per heavy atom. The molecule has 1 aromatic rings. The number of para-hydroxylation sites is 1. The zero-order valence-electron chi connectivity index (χ0n) is 7.75. The summed E-state index contributed by atoms with van der Waals surface area (Å²) in [7, 11) is 0. The molecule has 0 fully saturated rings. The second-order valence-electron chi connectivity index (χ2n) is 3.20. The third kappa shape index (κ3) is 1.35. The minimum absolute atomic E-state index is 0.409. The quantitative estimate of drug-likeness (QED) is 0.706. The number of carbonyl (C=O) groups is 1. The van der Waals surface area contributed by atoms with E-state index in [1.54, 1.807) is 17.8 Å². The van der Waals surface area contributed by atoms with Crippen molar-refractivity contribution in [2.24, 2.45) is 9.98 Å². The zero-order valence-corrected chi connectivity index (χ0v) is 8.57. The third-order valence-electron chi connectivity index (χ3n) is 2.28. The standard InChI is InChI=1S/C10H7N3OS/c14-10-11-7-2-1-3-8(9(7)12-10)13-4-5-15-6-13/h1-5H,6H2. The van der Waals surface area contributed by atoms with E-state index in [-0.39, 0.29) is 0 Å². The molecule has 0 spiro atoms. The first kappa shape index (κ1) is 8.67. The summed E-state index contributed by atoms with van der Waals surface area (Å²) in [5.74, 6) is 0.861. The highest BCUT2D eigenvalue weighted by Gasteiger charge is 2.14. The lowest BCUT2D eigenvalue weighted by atomic mass is 10.2. The zero-order chi connectivity index (χ0) is 10.3. The highest BCUT2D eigenvalue weighted by atomic mass is 32.2. The highest BCUT2D eigenvalue weighted by molar-refractivity contribution is 8.02. The molecule has 0 atom stereocenters. The van der Waals surface area contributed by atoms with E-state index in [1.165, 1.54) is 0 Å². The number of rotatable bonds is 1. The van der Waals surface area contributed by atoms with Crippen molar-refractivity contribution in [1.29, 1.82) is 0 Å². The van der Waals surface area contributed by atoms with Gasteiger partial charge in [0.15, 0.2) is 0 Å². The molecule has 1 aromatic carbocycles. The van der Waals surface area contributed by atoms with Crippen LogP contribution in [-0.2, 0) is 0 Å². The Hall–Kier alpha value is -1.62. The molecule has 2 aliphatic rings. The van der Waals surface area contributed by atoms with E-state index in [4.69, 9.17) is 0 Å². The van der Waals surface area contributed by atoms with Crippen molar-refractivity contribution in [3.8, 4) is 0 Å². The van der Waals surface area contributed by atoms with Crippen LogP contribution in [0, 0.1) is 0 Å². The maximum atomic E-state index is 11.1. The van der Waals surface area contributed by atoms with Gasteiger partial charge in [-0.3, -0.25) is 0 Å². The third-order valence-corrected chi connectivity index (χ3v) is 3.02. The molecule has 0 unspecified atom stereocenters. The SMILES string of the molecule is O=C1N=c2cccc(N3C=CSC3)c2=N1. The fraction of sp³-hybridized carbons (Fsp3) is 0.100. The Labute approximate surface area is 90.0 Å². The summed E-state index contributed by atoms with van der Waals surface area (Å²) in [5.41, 5.74) is 0.948. The first-order valence-corrected chi connectivity index (χ1v) is 5.55. The molecule has 0 N–H and O–H groups in total. The number of thioether (sulfide) groups is 1. The molecule has 15 heavy (non-hydrogen) atoms. The normalized spacial score (nSPS) is 17.6. The predicted octanol–water partition coefficient (Wildman–Crippen LogP) is 1.04. The topological polar surface area (TPSA) is 45.0 Å². The van der Waals surface area contributed by atoms with E-state index in [2.05, 4.69) is 14.9 Å². The van der Waals surface area contributed by atoms with Crippen LogP contribution in [0.4, 0.5) is 10.5 Å². The van der Waals surface area contributed by atoms with Gasteiger partial charge in [0.2, 0.25) is 0 Å². The van der Waals surface area contributed by atoms with Crippen LogP contribution in [0.15, 0.2) is 39.8 Å². The number of nitrogens with zero attached hydrogens (tertiary/aromatic N) is 3. The van der Waals surface area contributed by atoms with Gasteiger partial charge in [-0.15, -0.1) is 11.8 Å². The average Bonchev–Trinajstić information content (AvgIpc) is 2.82. The average molecular weight is 217 g/mol. The van der Waals surface area contributed by atoms with Crippen molar-refractivity contribution in [2.75, 3.05) is 10.8 Å². The molecule has 5 heteroatoms. The smallest absolute Gasteiger partial charge is 0.336 e. The second kappa shape index (κ2) is 3.20. The van der Waals surface area contributed by atoms with E-state index < -0.39 is 6.03 Å². The van der Waals surface area contributed by atoms with Crippen molar-refractivity contribution in [3.05, 3.63) is 40.5 Å². The molecular weight excluding hydrogens is 210 g/mol. The Balaban J connectivity index is 2.24. The van der Waals surface area contributed by atoms with Crippen LogP contribution in [0.1, 0.15) is 0 Å². The van der Waals surface area contributed by atoms with Crippen molar-refractivity contribution >= 4 is 23.5 Å². The highest BCUT2D eigenvalue weighted by Crippen LogP contribution is 2.20. The van der Waals surface area contributed by atoms with Crippen LogP contribution in [0.3, 0.4) is 0 Å². The lowest BCUT2D eigenvalue weighted by Crippen LogP contribution is -2.29. The summed E-state index contributed by atoms with van der Waals surface area (Å²) in [6.07, 6.45) is 1.98. The van der Waals surface area contributed by atoms with Crippen LogP contribution in [-0.4, -0.2) is 11.9 Å². The van der Waals surface area contributed by atoms with Crippen molar-refractivity contribution in [3.63, 3.8) is 0 Å². The van der Waals surface area contributed by atoms with Gasteiger partial charge >= 0.3 is 6.03 Å². The van der Waals surface area contributed by atoms with Gasteiger partial charge in [0.1, 0.15) is 5.36 Å². The van der Waals surface area contributed by atoms with Gasteiger partial charge in [0.05, 0.1) is 16.9 Å². The summed E-state index contributed by atoms with van der Waals surface area (Å²) in [6.45, 7) is 0. The maximum Gasteiger partial charge on any atom is 0.368 e. The summed E-state index contributed by atoms with van der Waals surface area (Å²) in [4.78, 5) is 20.9. The van der Waals surface area contributed by atoms with Crippen LogP contribution in [0.5, 0.6) is 0 Å². The maximum absolute atomic E-state index is 11.1. The van der Waals surface area contributed by atoms with Crippen molar-refractivity contribution in [1.82, 2.24) is 0 Å². The molecule has 2 heterocycles. The monoisotopic (exact) mass is 217 g/mol. The number of hydrogen-bond donors (Lipinski definition) is 0. The van der Waals surface area contributed by atoms with Gasteiger partial charge in [-0.25, -0.2) is 4.79 Å². The number of amides is 2. The summed E-state index contributed by atoms with van der Waals surface area (Å²) in [5, 5.41) is 3.38. The molecule has 3 rings (SSSR count). The summed E-state index contributed by atoms with van der Waals surface area (Å²) >= 11 is 1.71. The summed E-state index contributed by atoms with van der Waals surface area (Å²) in [6, 6.07) is 5.24. The van der Waals surface area contributed by atoms with E-state index in [0.29, 0.717) is 10.7 Å². The molecular formula is C10H7N3OS. The Bertz CT molecular complexity index is 579. The first-order valence-electron chi connectivity index (χ1n) is 4.50. The molecule has 4 nitrogen and oxygen atoms in total. The molecule has 2 amide bonds. The van der Waals surface area contributed by atoms with Crippen molar-refractivity contribution < 1.29 is 4.79 Å². The van der Waals surface area contributed by atoms with Crippen LogP contribution < -0.4 is 15.6 Å². The summed E-state index contributed by atoms with van der Waals surface area (Å²) < 4.78 is 0.